The molecule has 1 aliphatic carbocycles. The molecule has 1 fully saturated rings. The molecule has 0 unspecified atom stereocenters. The van der Waals surface area contributed by atoms with E-state index in [4.69, 9.17) is 0 Å². The van der Waals surface area contributed by atoms with Crippen molar-refractivity contribution in [3.63, 3.8) is 0 Å². The molecule has 0 atom stereocenters. The third kappa shape index (κ3) is 3.20. The van der Waals surface area contributed by atoms with Gasteiger partial charge in [0.15, 0.2) is 0 Å². The first-order valence-corrected chi connectivity index (χ1v) is 6.23. The molecule has 98 valence electrons. The van der Waals surface area contributed by atoms with Crippen LogP contribution in [-0.2, 0) is 6.54 Å². The van der Waals surface area contributed by atoms with E-state index in [1.165, 1.54) is 12.8 Å². The predicted octanol–water partition coefficient (Wildman–Crippen LogP) is 2.48. The van der Waals surface area contributed by atoms with Crippen LogP contribution in [0.1, 0.15) is 18.4 Å². The lowest BCUT2D eigenvalue weighted by Gasteiger charge is -2.16. The zero-order valence-corrected chi connectivity index (χ0v) is 10.8. The number of nitro benzene ring substituents is 1. The van der Waals surface area contributed by atoms with E-state index in [0.29, 0.717) is 5.69 Å². The Bertz CT molecular complexity index is 444. The van der Waals surface area contributed by atoms with Gasteiger partial charge in [0, 0.05) is 26.2 Å². The molecule has 0 heterocycles. The van der Waals surface area contributed by atoms with Crippen LogP contribution >= 0.6 is 0 Å². The summed E-state index contributed by atoms with van der Waals surface area (Å²) in [7, 11) is 3.80. The molecule has 18 heavy (non-hydrogen) atoms. The van der Waals surface area contributed by atoms with Gasteiger partial charge in [-0.1, -0.05) is 6.07 Å². The second kappa shape index (κ2) is 5.35. The average molecular weight is 249 g/mol. The number of benzene rings is 1. The van der Waals surface area contributed by atoms with E-state index in [1.54, 1.807) is 13.1 Å². The summed E-state index contributed by atoms with van der Waals surface area (Å²) in [5, 5.41) is 13.7. The fourth-order valence-corrected chi connectivity index (χ4v) is 2.16. The summed E-state index contributed by atoms with van der Waals surface area (Å²) in [5.74, 6) is 0.858. The minimum Gasteiger partial charge on any atom is -0.383 e. The van der Waals surface area contributed by atoms with Crippen LogP contribution in [0.4, 0.5) is 11.4 Å². The molecule has 2 rings (SSSR count). The maximum atomic E-state index is 10.8. The highest BCUT2D eigenvalue weighted by molar-refractivity contribution is 5.62. The zero-order chi connectivity index (χ0) is 13.1. The van der Waals surface area contributed by atoms with Crippen LogP contribution in [0.5, 0.6) is 0 Å². The first-order chi connectivity index (χ1) is 8.60. The minimum absolute atomic E-state index is 0.131. The molecule has 5 nitrogen and oxygen atoms in total. The largest absolute Gasteiger partial charge is 0.383 e. The van der Waals surface area contributed by atoms with Gasteiger partial charge in [0.2, 0.25) is 0 Å². The van der Waals surface area contributed by atoms with Crippen molar-refractivity contribution in [1.82, 2.24) is 4.90 Å². The van der Waals surface area contributed by atoms with Gasteiger partial charge < -0.3 is 10.2 Å². The van der Waals surface area contributed by atoms with Crippen LogP contribution in [-0.4, -0.2) is 30.5 Å². The van der Waals surface area contributed by atoms with E-state index < -0.39 is 0 Å². The Hall–Kier alpha value is -1.62. The smallest absolute Gasteiger partial charge is 0.292 e. The number of rotatable bonds is 6. The van der Waals surface area contributed by atoms with Gasteiger partial charge in [-0.05, 0) is 37.4 Å². The van der Waals surface area contributed by atoms with Crippen LogP contribution in [0.3, 0.4) is 0 Å². The lowest BCUT2D eigenvalue weighted by molar-refractivity contribution is -0.384. The van der Waals surface area contributed by atoms with Gasteiger partial charge in [-0.15, -0.1) is 0 Å². The highest BCUT2D eigenvalue weighted by Gasteiger charge is 2.23. The molecule has 0 aromatic heterocycles. The van der Waals surface area contributed by atoms with Crippen molar-refractivity contribution in [3.05, 3.63) is 33.9 Å². The number of nitrogens with zero attached hydrogens (tertiary/aromatic N) is 2. The van der Waals surface area contributed by atoms with Crippen molar-refractivity contribution >= 4 is 11.4 Å². The summed E-state index contributed by atoms with van der Waals surface area (Å²) >= 11 is 0. The van der Waals surface area contributed by atoms with Crippen molar-refractivity contribution in [3.8, 4) is 0 Å². The first-order valence-electron chi connectivity index (χ1n) is 6.23. The fourth-order valence-electron chi connectivity index (χ4n) is 2.16. The molecule has 0 spiro atoms. The van der Waals surface area contributed by atoms with E-state index >= 15 is 0 Å². The molecule has 0 aliphatic heterocycles. The van der Waals surface area contributed by atoms with E-state index in [9.17, 15) is 10.1 Å². The van der Waals surface area contributed by atoms with Crippen LogP contribution < -0.4 is 5.32 Å². The molecule has 1 aromatic rings. The topological polar surface area (TPSA) is 58.4 Å². The Balaban J connectivity index is 2.06. The van der Waals surface area contributed by atoms with Crippen LogP contribution in [0.2, 0.25) is 0 Å². The Morgan fingerprint density at radius 3 is 2.78 bits per heavy atom. The number of hydrogen-bond acceptors (Lipinski definition) is 4. The van der Waals surface area contributed by atoms with Crippen molar-refractivity contribution in [1.29, 1.82) is 0 Å². The van der Waals surface area contributed by atoms with Gasteiger partial charge in [-0.2, -0.15) is 0 Å². The Morgan fingerprint density at radius 2 is 2.22 bits per heavy atom. The normalized spacial score (nSPS) is 14.8. The summed E-state index contributed by atoms with van der Waals surface area (Å²) in [6.45, 7) is 1.95. The highest BCUT2D eigenvalue weighted by Crippen LogP contribution is 2.30. The van der Waals surface area contributed by atoms with E-state index in [1.807, 2.05) is 12.1 Å². The standard InChI is InChI=1S/C13H19N3O2/c1-14-12-7-11(5-6-13(12)16(17)18)9-15(2)8-10-3-4-10/h5-7,10,14H,3-4,8-9H2,1-2H3. The molecule has 0 saturated heterocycles. The molecule has 1 aliphatic rings. The van der Waals surface area contributed by atoms with E-state index in [2.05, 4.69) is 17.3 Å². The van der Waals surface area contributed by atoms with Crippen molar-refractivity contribution in [2.24, 2.45) is 5.92 Å². The molecule has 1 saturated carbocycles. The number of nitro groups is 1. The molecule has 5 heteroatoms. The molecule has 0 bridgehead atoms. The second-order valence-electron chi connectivity index (χ2n) is 5.00. The first kappa shape index (κ1) is 12.8. The quantitative estimate of drug-likeness (QED) is 0.621. The molecular formula is C13H19N3O2. The molecule has 1 N–H and O–H groups in total. The lowest BCUT2D eigenvalue weighted by Crippen LogP contribution is -2.20. The van der Waals surface area contributed by atoms with E-state index in [-0.39, 0.29) is 10.6 Å². The maximum absolute atomic E-state index is 10.8. The van der Waals surface area contributed by atoms with Gasteiger partial charge in [0.1, 0.15) is 5.69 Å². The van der Waals surface area contributed by atoms with Gasteiger partial charge in [0.25, 0.3) is 5.69 Å². The Labute approximate surface area is 107 Å². The van der Waals surface area contributed by atoms with Gasteiger partial charge in [-0.25, -0.2) is 0 Å². The number of anilines is 1. The van der Waals surface area contributed by atoms with Crippen LogP contribution in [0.25, 0.3) is 0 Å². The number of hydrogen-bond donors (Lipinski definition) is 1. The van der Waals surface area contributed by atoms with E-state index in [0.717, 1.165) is 24.6 Å². The zero-order valence-electron chi connectivity index (χ0n) is 10.8. The highest BCUT2D eigenvalue weighted by atomic mass is 16.6. The second-order valence-corrected chi connectivity index (χ2v) is 5.00. The lowest BCUT2D eigenvalue weighted by atomic mass is 10.1. The monoisotopic (exact) mass is 249 g/mol. The van der Waals surface area contributed by atoms with Crippen LogP contribution in [0, 0.1) is 16.0 Å². The summed E-state index contributed by atoms with van der Waals surface area (Å²) < 4.78 is 0. The van der Waals surface area contributed by atoms with Gasteiger partial charge in [0.05, 0.1) is 4.92 Å². The predicted molar refractivity (Wildman–Crippen MR) is 71.7 cm³/mol. The van der Waals surface area contributed by atoms with Gasteiger partial charge >= 0.3 is 0 Å². The van der Waals surface area contributed by atoms with Crippen molar-refractivity contribution in [2.45, 2.75) is 19.4 Å². The SMILES string of the molecule is CNc1cc(CN(C)CC2CC2)ccc1[N+](=O)[O-]. The average Bonchev–Trinajstić information content (AvgIpc) is 3.12. The summed E-state index contributed by atoms with van der Waals surface area (Å²) in [5.41, 5.74) is 1.82. The maximum Gasteiger partial charge on any atom is 0.292 e. The van der Waals surface area contributed by atoms with Crippen molar-refractivity contribution in [2.75, 3.05) is 26.0 Å². The third-order valence-electron chi connectivity index (χ3n) is 3.25. The minimum atomic E-state index is -0.358. The number of nitrogens with one attached hydrogen (secondary N) is 1. The van der Waals surface area contributed by atoms with Crippen molar-refractivity contribution < 1.29 is 4.92 Å². The molecule has 1 aromatic carbocycles. The Morgan fingerprint density at radius 1 is 1.50 bits per heavy atom. The summed E-state index contributed by atoms with van der Waals surface area (Å²) in [4.78, 5) is 12.7. The fraction of sp³-hybridized carbons (Fsp3) is 0.538. The molecular weight excluding hydrogens is 230 g/mol. The molecule has 0 radical (unpaired) electrons. The van der Waals surface area contributed by atoms with Gasteiger partial charge in [-0.3, -0.25) is 10.1 Å². The molecule has 0 amide bonds. The third-order valence-corrected chi connectivity index (χ3v) is 3.25. The Kier molecular flexibility index (Phi) is 3.81. The summed E-state index contributed by atoms with van der Waals surface area (Å²) in [6, 6.07) is 5.27. The van der Waals surface area contributed by atoms with Crippen LogP contribution in [0.15, 0.2) is 18.2 Å². The summed E-state index contributed by atoms with van der Waals surface area (Å²) in [6.07, 6.45) is 2.68.